The monoisotopic (exact) mass is 335 g/mol. The summed E-state index contributed by atoms with van der Waals surface area (Å²) in [5, 5.41) is 6.61. The smallest absolute Gasteiger partial charge is 0.317 e. The number of rotatable bonds is 4. The van der Waals surface area contributed by atoms with Gasteiger partial charge < -0.3 is 15.5 Å². The van der Waals surface area contributed by atoms with Crippen LogP contribution < -0.4 is 10.6 Å². The summed E-state index contributed by atoms with van der Waals surface area (Å²) in [5.41, 5.74) is 0.920. The molecule has 23 heavy (non-hydrogen) atoms. The van der Waals surface area contributed by atoms with Crippen LogP contribution in [0.2, 0.25) is 5.02 Å². The zero-order valence-corrected chi connectivity index (χ0v) is 13.8. The second-order valence-electron chi connectivity index (χ2n) is 6.29. The number of carbonyl (C=O) groups excluding carboxylic acids is 2. The molecule has 6 heteroatoms. The minimum absolute atomic E-state index is 0.0161. The van der Waals surface area contributed by atoms with Crippen LogP contribution in [0.15, 0.2) is 24.3 Å². The second kappa shape index (κ2) is 7.21. The van der Waals surface area contributed by atoms with E-state index in [4.69, 9.17) is 11.6 Å². The summed E-state index contributed by atoms with van der Waals surface area (Å²) < 4.78 is 0. The third kappa shape index (κ3) is 4.38. The third-order valence-corrected chi connectivity index (χ3v) is 4.84. The molecule has 2 aliphatic rings. The maximum absolute atomic E-state index is 12.3. The fourth-order valence-corrected chi connectivity index (χ4v) is 3.01. The van der Waals surface area contributed by atoms with E-state index in [1.165, 1.54) is 0 Å². The molecule has 3 amide bonds. The Bertz CT molecular complexity index is 581. The van der Waals surface area contributed by atoms with Crippen molar-refractivity contribution in [2.45, 2.75) is 38.3 Å². The van der Waals surface area contributed by atoms with Crippen molar-refractivity contribution in [3.63, 3.8) is 0 Å². The van der Waals surface area contributed by atoms with Crippen molar-refractivity contribution < 1.29 is 9.59 Å². The second-order valence-corrected chi connectivity index (χ2v) is 6.70. The normalized spacial score (nSPS) is 18.6. The van der Waals surface area contributed by atoms with Crippen LogP contribution in [-0.4, -0.2) is 36.0 Å². The molecule has 0 radical (unpaired) electrons. The average Bonchev–Trinajstić information content (AvgIpc) is 3.38. The minimum Gasteiger partial charge on any atom is -0.352 e. The standard InChI is InChI=1S/C17H22ClN3O2/c18-15-4-2-1-3-13(15)11-19-16(22)12-7-9-21(10-8-12)17(23)20-14-5-6-14/h1-4,12,14H,5-11H2,(H,19,22)(H,20,23). The lowest BCUT2D eigenvalue weighted by Crippen LogP contribution is -2.47. The Kier molecular flexibility index (Phi) is 5.06. The van der Waals surface area contributed by atoms with Crippen LogP contribution in [0.4, 0.5) is 4.79 Å². The quantitative estimate of drug-likeness (QED) is 0.888. The topological polar surface area (TPSA) is 61.4 Å². The molecule has 1 aliphatic carbocycles. The van der Waals surface area contributed by atoms with Gasteiger partial charge in [-0.2, -0.15) is 0 Å². The van der Waals surface area contributed by atoms with E-state index in [0.717, 1.165) is 18.4 Å². The number of halogens is 1. The Hall–Kier alpha value is -1.75. The van der Waals surface area contributed by atoms with Crippen molar-refractivity contribution in [3.8, 4) is 0 Å². The molecule has 0 unspecified atom stereocenters. The highest BCUT2D eigenvalue weighted by atomic mass is 35.5. The first-order valence-electron chi connectivity index (χ1n) is 8.20. The minimum atomic E-state index is -0.0255. The predicted octanol–water partition coefficient (Wildman–Crippen LogP) is 2.54. The Morgan fingerprint density at radius 3 is 2.48 bits per heavy atom. The van der Waals surface area contributed by atoms with Crippen LogP contribution in [0, 0.1) is 5.92 Å². The molecule has 1 saturated carbocycles. The van der Waals surface area contributed by atoms with Crippen LogP contribution in [0.25, 0.3) is 0 Å². The molecule has 1 aromatic rings. The number of benzene rings is 1. The number of urea groups is 1. The molecule has 2 fully saturated rings. The van der Waals surface area contributed by atoms with Gasteiger partial charge in [0.05, 0.1) is 0 Å². The first-order valence-corrected chi connectivity index (χ1v) is 8.58. The predicted molar refractivity (Wildman–Crippen MR) is 89.1 cm³/mol. The van der Waals surface area contributed by atoms with E-state index in [2.05, 4.69) is 10.6 Å². The number of nitrogens with zero attached hydrogens (tertiary/aromatic N) is 1. The van der Waals surface area contributed by atoms with E-state index in [1.54, 1.807) is 0 Å². The Labute approximate surface area is 141 Å². The van der Waals surface area contributed by atoms with Crippen LogP contribution in [-0.2, 0) is 11.3 Å². The zero-order chi connectivity index (χ0) is 16.2. The number of hydrogen-bond donors (Lipinski definition) is 2. The summed E-state index contributed by atoms with van der Waals surface area (Å²) in [5.74, 6) is 0.0228. The van der Waals surface area contributed by atoms with Gasteiger partial charge in [0.1, 0.15) is 0 Å². The number of piperidine rings is 1. The fourth-order valence-electron chi connectivity index (χ4n) is 2.81. The van der Waals surface area contributed by atoms with Crippen LogP contribution >= 0.6 is 11.6 Å². The lowest BCUT2D eigenvalue weighted by molar-refractivity contribution is -0.126. The molecular formula is C17H22ClN3O2. The van der Waals surface area contributed by atoms with E-state index in [-0.39, 0.29) is 17.9 Å². The molecule has 124 valence electrons. The maximum Gasteiger partial charge on any atom is 0.317 e. The van der Waals surface area contributed by atoms with Gasteiger partial charge in [-0.1, -0.05) is 29.8 Å². The number of nitrogens with one attached hydrogen (secondary N) is 2. The van der Waals surface area contributed by atoms with Crippen molar-refractivity contribution in [2.24, 2.45) is 5.92 Å². The Balaban J connectivity index is 1.42. The number of hydrogen-bond acceptors (Lipinski definition) is 2. The molecule has 3 rings (SSSR count). The van der Waals surface area contributed by atoms with E-state index in [1.807, 2.05) is 29.2 Å². The van der Waals surface area contributed by atoms with Crippen molar-refractivity contribution in [2.75, 3.05) is 13.1 Å². The van der Waals surface area contributed by atoms with Gasteiger partial charge in [-0.3, -0.25) is 4.79 Å². The van der Waals surface area contributed by atoms with Gasteiger partial charge in [0.25, 0.3) is 0 Å². The van der Waals surface area contributed by atoms with Crippen molar-refractivity contribution >= 4 is 23.5 Å². The molecule has 0 aromatic heterocycles. The molecular weight excluding hydrogens is 314 g/mol. The fraction of sp³-hybridized carbons (Fsp3) is 0.529. The van der Waals surface area contributed by atoms with E-state index < -0.39 is 0 Å². The number of likely N-dealkylation sites (tertiary alicyclic amines) is 1. The van der Waals surface area contributed by atoms with Crippen molar-refractivity contribution in [3.05, 3.63) is 34.9 Å². The van der Waals surface area contributed by atoms with Gasteiger partial charge in [0.15, 0.2) is 0 Å². The molecule has 1 aliphatic heterocycles. The summed E-state index contributed by atoms with van der Waals surface area (Å²) in [7, 11) is 0. The van der Waals surface area contributed by atoms with Gasteiger partial charge in [-0.05, 0) is 37.3 Å². The molecule has 2 N–H and O–H groups in total. The highest BCUT2D eigenvalue weighted by Crippen LogP contribution is 2.22. The van der Waals surface area contributed by atoms with Gasteiger partial charge in [0, 0.05) is 36.6 Å². The summed E-state index contributed by atoms with van der Waals surface area (Å²) in [6.07, 6.45) is 3.61. The largest absolute Gasteiger partial charge is 0.352 e. The van der Waals surface area contributed by atoms with Gasteiger partial charge in [0.2, 0.25) is 5.91 Å². The summed E-state index contributed by atoms with van der Waals surface area (Å²) >= 11 is 6.09. The maximum atomic E-state index is 12.3. The molecule has 1 saturated heterocycles. The van der Waals surface area contributed by atoms with Crippen LogP contribution in [0.3, 0.4) is 0 Å². The van der Waals surface area contributed by atoms with E-state index in [9.17, 15) is 9.59 Å². The summed E-state index contributed by atoms with van der Waals surface area (Å²) in [6, 6.07) is 7.90. The molecule has 1 aromatic carbocycles. The Morgan fingerprint density at radius 2 is 1.83 bits per heavy atom. The Morgan fingerprint density at radius 1 is 1.13 bits per heavy atom. The molecule has 0 atom stereocenters. The molecule has 0 spiro atoms. The first kappa shape index (κ1) is 16.1. The van der Waals surface area contributed by atoms with Gasteiger partial charge in [-0.25, -0.2) is 4.79 Å². The van der Waals surface area contributed by atoms with Crippen LogP contribution in [0.1, 0.15) is 31.2 Å². The summed E-state index contributed by atoms with van der Waals surface area (Å²) in [6.45, 7) is 1.73. The van der Waals surface area contributed by atoms with Crippen molar-refractivity contribution in [1.29, 1.82) is 0 Å². The van der Waals surface area contributed by atoms with Crippen LogP contribution in [0.5, 0.6) is 0 Å². The number of carbonyl (C=O) groups is 2. The SMILES string of the molecule is O=C(NCc1ccccc1Cl)C1CCN(C(=O)NC2CC2)CC1. The van der Waals surface area contributed by atoms with Crippen molar-refractivity contribution in [1.82, 2.24) is 15.5 Å². The lowest BCUT2D eigenvalue weighted by Gasteiger charge is -2.31. The highest BCUT2D eigenvalue weighted by molar-refractivity contribution is 6.31. The average molecular weight is 336 g/mol. The lowest BCUT2D eigenvalue weighted by atomic mass is 9.96. The first-order chi connectivity index (χ1) is 11.1. The number of amides is 3. The van der Waals surface area contributed by atoms with Gasteiger partial charge in [-0.15, -0.1) is 0 Å². The zero-order valence-electron chi connectivity index (χ0n) is 13.1. The highest BCUT2D eigenvalue weighted by Gasteiger charge is 2.30. The van der Waals surface area contributed by atoms with E-state index >= 15 is 0 Å². The molecule has 0 bridgehead atoms. The molecule has 5 nitrogen and oxygen atoms in total. The molecule has 1 heterocycles. The van der Waals surface area contributed by atoms with E-state index in [0.29, 0.717) is 43.5 Å². The third-order valence-electron chi connectivity index (χ3n) is 4.47. The summed E-state index contributed by atoms with van der Waals surface area (Å²) in [4.78, 5) is 26.1. The van der Waals surface area contributed by atoms with Gasteiger partial charge >= 0.3 is 6.03 Å².